The number of carbonyl (C=O) groups is 1. The van der Waals surface area contributed by atoms with Crippen molar-refractivity contribution in [3.63, 3.8) is 0 Å². The molecule has 2 aromatic rings. The fourth-order valence-electron chi connectivity index (χ4n) is 5.46. The Morgan fingerprint density at radius 1 is 0.906 bits per heavy atom. The fourth-order valence-corrected chi connectivity index (χ4v) is 5.46. The fraction of sp³-hybridized carbons (Fsp3) is 0.536. The van der Waals surface area contributed by atoms with E-state index in [0.717, 1.165) is 58.2 Å². The van der Waals surface area contributed by atoms with Gasteiger partial charge in [0.05, 0.1) is 6.54 Å². The Kier molecular flexibility index (Phi) is 6.61. The molecule has 0 aromatic heterocycles. The third-order valence-electron chi connectivity index (χ3n) is 7.74. The van der Waals surface area contributed by atoms with Gasteiger partial charge in [0.25, 0.3) is 0 Å². The molecular formula is C28H37N3O. The average Bonchev–Trinajstić information content (AvgIpc) is 2.79. The van der Waals surface area contributed by atoms with E-state index in [1.54, 1.807) is 0 Å². The van der Waals surface area contributed by atoms with Crippen LogP contribution >= 0.6 is 0 Å². The molecule has 2 heterocycles. The summed E-state index contributed by atoms with van der Waals surface area (Å²) >= 11 is 0. The first-order valence-corrected chi connectivity index (χ1v) is 12.6. The highest BCUT2D eigenvalue weighted by atomic mass is 16.2. The molecule has 1 saturated carbocycles. The summed E-state index contributed by atoms with van der Waals surface area (Å²) in [5.74, 6) is 0.311. The van der Waals surface area contributed by atoms with Gasteiger partial charge in [0.2, 0.25) is 5.91 Å². The maximum absolute atomic E-state index is 12.9. The third kappa shape index (κ3) is 4.77. The van der Waals surface area contributed by atoms with Gasteiger partial charge in [0.15, 0.2) is 0 Å². The Balaban J connectivity index is 1.16. The van der Waals surface area contributed by atoms with Crippen LogP contribution in [0.5, 0.6) is 0 Å². The van der Waals surface area contributed by atoms with E-state index < -0.39 is 0 Å². The van der Waals surface area contributed by atoms with Gasteiger partial charge in [-0.05, 0) is 53.5 Å². The largest absolute Gasteiger partial charge is 0.339 e. The Bertz CT molecular complexity index is 926. The Labute approximate surface area is 193 Å². The Morgan fingerprint density at radius 2 is 1.66 bits per heavy atom. The zero-order valence-corrected chi connectivity index (χ0v) is 19.6. The molecule has 0 spiro atoms. The van der Waals surface area contributed by atoms with Crippen LogP contribution < -0.4 is 0 Å². The maximum atomic E-state index is 12.9. The lowest BCUT2D eigenvalue weighted by molar-refractivity contribution is -0.135. The summed E-state index contributed by atoms with van der Waals surface area (Å²) in [5.41, 5.74) is 6.84. The molecule has 0 unspecified atom stereocenters. The van der Waals surface area contributed by atoms with E-state index in [1.165, 1.54) is 53.5 Å². The molecule has 3 aliphatic rings. The van der Waals surface area contributed by atoms with Crippen molar-refractivity contribution in [3.05, 3.63) is 59.2 Å². The summed E-state index contributed by atoms with van der Waals surface area (Å²) in [6, 6.07) is 16.7. The molecular weight excluding hydrogens is 394 g/mol. The second kappa shape index (κ2) is 9.76. The van der Waals surface area contributed by atoms with E-state index in [4.69, 9.17) is 0 Å². The monoisotopic (exact) mass is 431 g/mol. The number of benzene rings is 2. The van der Waals surface area contributed by atoms with Gasteiger partial charge in [-0.1, -0.05) is 62.2 Å². The van der Waals surface area contributed by atoms with Gasteiger partial charge < -0.3 is 4.90 Å². The summed E-state index contributed by atoms with van der Waals surface area (Å²) < 4.78 is 0. The lowest BCUT2D eigenvalue weighted by Crippen LogP contribution is -2.55. The summed E-state index contributed by atoms with van der Waals surface area (Å²) in [7, 11) is 0. The number of nitrogens with zero attached hydrogens (tertiary/aromatic N) is 3. The summed E-state index contributed by atoms with van der Waals surface area (Å²) in [5, 5.41) is 0. The predicted octanol–water partition coefficient (Wildman–Crippen LogP) is 4.36. The van der Waals surface area contributed by atoms with Crippen molar-refractivity contribution >= 4 is 5.91 Å². The van der Waals surface area contributed by atoms with Crippen molar-refractivity contribution in [2.75, 3.05) is 39.3 Å². The van der Waals surface area contributed by atoms with Crippen LogP contribution in [-0.2, 0) is 24.2 Å². The first kappa shape index (κ1) is 21.7. The number of amides is 1. The van der Waals surface area contributed by atoms with Crippen molar-refractivity contribution in [1.82, 2.24) is 14.7 Å². The summed E-state index contributed by atoms with van der Waals surface area (Å²) in [4.78, 5) is 19.9. The van der Waals surface area contributed by atoms with Crippen LogP contribution in [0.15, 0.2) is 42.5 Å². The number of hydrogen-bond acceptors (Lipinski definition) is 3. The SMILES string of the molecule is CCCc1ccc(-c2ccc3c(c2)CCN(CC(=O)N2CCN(C4CCC4)CC2)C3)cc1. The van der Waals surface area contributed by atoms with E-state index in [0.29, 0.717) is 12.5 Å². The van der Waals surface area contributed by atoms with Crippen molar-refractivity contribution in [1.29, 1.82) is 0 Å². The molecule has 2 fully saturated rings. The van der Waals surface area contributed by atoms with Crippen LogP contribution in [0.3, 0.4) is 0 Å². The van der Waals surface area contributed by atoms with Crippen LogP contribution in [0.2, 0.25) is 0 Å². The number of hydrogen-bond donors (Lipinski definition) is 0. The molecule has 1 amide bonds. The highest BCUT2D eigenvalue weighted by Gasteiger charge is 2.30. The summed E-state index contributed by atoms with van der Waals surface area (Å²) in [6.45, 7) is 8.57. The van der Waals surface area contributed by atoms with E-state index in [9.17, 15) is 4.79 Å². The van der Waals surface area contributed by atoms with E-state index in [-0.39, 0.29) is 0 Å². The standard InChI is InChI=1S/C28H37N3O/c1-2-4-22-7-9-23(10-8-22)24-11-12-26-20-29(14-13-25(26)19-24)21-28(32)31-17-15-30(16-18-31)27-5-3-6-27/h7-12,19,27H,2-6,13-18,20-21H2,1H3. The van der Waals surface area contributed by atoms with Crippen molar-refractivity contribution < 1.29 is 4.79 Å². The minimum absolute atomic E-state index is 0.311. The number of piperazine rings is 1. The van der Waals surface area contributed by atoms with E-state index in [2.05, 4.69) is 64.1 Å². The lowest BCUT2D eigenvalue weighted by atomic mass is 9.91. The Morgan fingerprint density at radius 3 is 2.34 bits per heavy atom. The number of rotatable bonds is 6. The van der Waals surface area contributed by atoms with Gasteiger partial charge in [-0.15, -0.1) is 0 Å². The molecule has 5 rings (SSSR count). The van der Waals surface area contributed by atoms with Crippen LogP contribution in [0.25, 0.3) is 11.1 Å². The highest BCUT2D eigenvalue weighted by molar-refractivity contribution is 5.78. The summed E-state index contributed by atoms with van der Waals surface area (Å²) in [6.07, 6.45) is 7.45. The van der Waals surface area contributed by atoms with Crippen LogP contribution in [0, 0.1) is 0 Å². The van der Waals surface area contributed by atoms with Crippen molar-refractivity contribution in [2.45, 2.75) is 58.0 Å². The quantitative estimate of drug-likeness (QED) is 0.680. The average molecular weight is 432 g/mol. The normalized spacial score (nSPS) is 20.1. The van der Waals surface area contributed by atoms with Crippen molar-refractivity contribution in [2.24, 2.45) is 0 Å². The first-order valence-electron chi connectivity index (χ1n) is 12.6. The van der Waals surface area contributed by atoms with Crippen LogP contribution in [-0.4, -0.2) is 65.9 Å². The smallest absolute Gasteiger partial charge is 0.236 e. The molecule has 0 N–H and O–H groups in total. The van der Waals surface area contributed by atoms with Gasteiger partial charge in [-0.25, -0.2) is 0 Å². The second-order valence-corrected chi connectivity index (χ2v) is 9.89. The molecule has 2 aliphatic heterocycles. The predicted molar refractivity (Wildman–Crippen MR) is 131 cm³/mol. The minimum atomic E-state index is 0.311. The molecule has 1 aliphatic carbocycles. The molecule has 2 aromatic carbocycles. The topological polar surface area (TPSA) is 26.8 Å². The molecule has 170 valence electrons. The molecule has 4 heteroatoms. The van der Waals surface area contributed by atoms with Gasteiger partial charge in [-0.2, -0.15) is 0 Å². The number of aryl methyl sites for hydroxylation is 1. The lowest BCUT2D eigenvalue weighted by Gasteiger charge is -2.43. The van der Waals surface area contributed by atoms with Crippen molar-refractivity contribution in [3.8, 4) is 11.1 Å². The van der Waals surface area contributed by atoms with Gasteiger partial charge in [0.1, 0.15) is 0 Å². The zero-order valence-electron chi connectivity index (χ0n) is 19.6. The molecule has 0 radical (unpaired) electrons. The van der Waals surface area contributed by atoms with Gasteiger partial charge >= 0.3 is 0 Å². The molecule has 1 saturated heterocycles. The maximum Gasteiger partial charge on any atom is 0.236 e. The highest BCUT2D eigenvalue weighted by Crippen LogP contribution is 2.28. The molecule has 0 bridgehead atoms. The number of carbonyl (C=O) groups excluding carboxylic acids is 1. The molecule has 0 atom stereocenters. The van der Waals surface area contributed by atoms with Gasteiger partial charge in [-0.3, -0.25) is 14.6 Å². The first-order chi connectivity index (χ1) is 15.7. The minimum Gasteiger partial charge on any atom is -0.339 e. The molecule has 4 nitrogen and oxygen atoms in total. The number of fused-ring (bicyclic) bond motifs is 1. The molecule has 32 heavy (non-hydrogen) atoms. The second-order valence-electron chi connectivity index (χ2n) is 9.89. The van der Waals surface area contributed by atoms with E-state index >= 15 is 0 Å². The third-order valence-corrected chi connectivity index (χ3v) is 7.74. The van der Waals surface area contributed by atoms with Gasteiger partial charge in [0, 0.05) is 45.3 Å². The van der Waals surface area contributed by atoms with Crippen LogP contribution in [0.4, 0.5) is 0 Å². The zero-order chi connectivity index (χ0) is 21.9. The van der Waals surface area contributed by atoms with E-state index in [1.807, 2.05) is 0 Å². The van der Waals surface area contributed by atoms with Crippen LogP contribution in [0.1, 0.15) is 49.3 Å². The Hall–Kier alpha value is -2.17.